The first kappa shape index (κ1) is 14.4. The molecule has 118 valence electrons. The minimum atomic E-state index is -0.00263. The Morgan fingerprint density at radius 3 is 3.30 bits per heavy atom. The third-order valence-electron chi connectivity index (χ3n) is 4.61. The monoisotopic (exact) mass is 326 g/mol. The Labute approximate surface area is 138 Å². The Hall–Kier alpha value is -2.21. The van der Waals surface area contributed by atoms with Gasteiger partial charge in [-0.25, -0.2) is 4.98 Å². The van der Waals surface area contributed by atoms with Crippen molar-refractivity contribution in [3.63, 3.8) is 0 Å². The van der Waals surface area contributed by atoms with Crippen LogP contribution in [-0.2, 0) is 17.6 Å². The molecule has 0 radical (unpaired) electrons. The lowest BCUT2D eigenvalue weighted by Gasteiger charge is -2.23. The van der Waals surface area contributed by atoms with Gasteiger partial charge in [-0.3, -0.25) is 9.89 Å². The minimum Gasteiger partial charge on any atom is -0.349 e. The first-order valence-corrected chi connectivity index (χ1v) is 8.73. The SMILES string of the molecule is CC(NC(=O)C1CCc2cn[nH]c2C1)c1ccc2ncsc2c1. The summed E-state index contributed by atoms with van der Waals surface area (Å²) in [5.74, 6) is 0.152. The molecule has 3 aromatic rings. The summed E-state index contributed by atoms with van der Waals surface area (Å²) in [5.41, 5.74) is 6.33. The highest BCUT2D eigenvalue weighted by molar-refractivity contribution is 7.16. The van der Waals surface area contributed by atoms with Crippen molar-refractivity contribution in [1.82, 2.24) is 20.5 Å². The fourth-order valence-corrected chi connectivity index (χ4v) is 3.91. The van der Waals surface area contributed by atoms with E-state index in [1.54, 1.807) is 11.3 Å². The predicted octanol–water partition coefficient (Wildman–Crippen LogP) is 3.00. The summed E-state index contributed by atoms with van der Waals surface area (Å²) in [4.78, 5) is 16.9. The molecule has 23 heavy (non-hydrogen) atoms. The molecule has 4 rings (SSSR count). The molecule has 5 nitrogen and oxygen atoms in total. The number of hydrogen-bond donors (Lipinski definition) is 2. The van der Waals surface area contributed by atoms with Gasteiger partial charge in [0.25, 0.3) is 0 Å². The minimum absolute atomic E-state index is 0.00263. The van der Waals surface area contributed by atoms with Crippen molar-refractivity contribution in [3.05, 3.63) is 46.7 Å². The molecule has 1 aromatic carbocycles. The molecule has 0 saturated carbocycles. The summed E-state index contributed by atoms with van der Waals surface area (Å²) < 4.78 is 1.16. The van der Waals surface area contributed by atoms with Crippen LogP contribution in [0.2, 0.25) is 0 Å². The van der Waals surface area contributed by atoms with Crippen molar-refractivity contribution in [2.45, 2.75) is 32.2 Å². The third kappa shape index (κ3) is 2.74. The number of amides is 1. The maximum atomic E-state index is 12.6. The summed E-state index contributed by atoms with van der Waals surface area (Å²) >= 11 is 1.62. The van der Waals surface area contributed by atoms with Gasteiger partial charge in [0.05, 0.1) is 28.0 Å². The van der Waals surface area contributed by atoms with Crippen LogP contribution in [0.15, 0.2) is 29.9 Å². The first-order chi connectivity index (χ1) is 11.2. The number of H-pyrrole nitrogens is 1. The van der Waals surface area contributed by atoms with Crippen molar-refractivity contribution in [3.8, 4) is 0 Å². The molecule has 2 heterocycles. The second-order valence-electron chi connectivity index (χ2n) is 6.12. The Kier molecular flexibility index (Phi) is 3.61. The number of nitrogens with one attached hydrogen (secondary N) is 2. The van der Waals surface area contributed by atoms with E-state index in [0.29, 0.717) is 0 Å². The van der Waals surface area contributed by atoms with Crippen molar-refractivity contribution >= 4 is 27.5 Å². The molecular formula is C17H18N4OS. The highest BCUT2D eigenvalue weighted by Gasteiger charge is 2.26. The van der Waals surface area contributed by atoms with E-state index in [9.17, 15) is 4.79 Å². The van der Waals surface area contributed by atoms with Crippen molar-refractivity contribution in [1.29, 1.82) is 0 Å². The third-order valence-corrected chi connectivity index (χ3v) is 5.40. The molecule has 0 bridgehead atoms. The lowest BCUT2D eigenvalue weighted by molar-refractivity contribution is -0.126. The van der Waals surface area contributed by atoms with E-state index in [1.807, 2.05) is 30.8 Å². The van der Waals surface area contributed by atoms with E-state index in [-0.39, 0.29) is 17.9 Å². The summed E-state index contributed by atoms with van der Waals surface area (Å²) in [6, 6.07) is 6.17. The number of thiazole rings is 1. The molecule has 1 aliphatic carbocycles. The molecule has 1 aliphatic rings. The van der Waals surface area contributed by atoms with Gasteiger partial charge in [0.1, 0.15) is 0 Å². The number of carbonyl (C=O) groups is 1. The predicted molar refractivity (Wildman–Crippen MR) is 90.3 cm³/mol. The zero-order chi connectivity index (χ0) is 15.8. The lowest BCUT2D eigenvalue weighted by Crippen LogP contribution is -2.35. The Morgan fingerprint density at radius 1 is 1.48 bits per heavy atom. The molecule has 0 aliphatic heterocycles. The lowest BCUT2D eigenvalue weighted by atomic mass is 9.87. The summed E-state index contributed by atoms with van der Waals surface area (Å²) in [5, 5.41) is 10.2. The number of benzene rings is 1. The highest BCUT2D eigenvalue weighted by Crippen LogP contribution is 2.26. The van der Waals surface area contributed by atoms with Gasteiger partial charge < -0.3 is 5.32 Å². The van der Waals surface area contributed by atoms with E-state index < -0.39 is 0 Å². The summed E-state index contributed by atoms with van der Waals surface area (Å²) in [6.07, 6.45) is 4.43. The van der Waals surface area contributed by atoms with Crippen molar-refractivity contribution in [2.75, 3.05) is 0 Å². The number of rotatable bonds is 3. The standard InChI is InChI=1S/C17H18N4OS/c1-10(11-4-5-14-16(7-11)23-9-18-14)20-17(22)12-2-3-13-8-19-21-15(13)6-12/h4-5,7-10,12H,2-3,6H2,1H3,(H,19,21)(H,20,22). The second-order valence-corrected chi connectivity index (χ2v) is 7.01. The Morgan fingerprint density at radius 2 is 2.39 bits per heavy atom. The van der Waals surface area contributed by atoms with Crippen LogP contribution in [0.4, 0.5) is 0 Å². The largest absolute Gasteiger partial charge is 0.349 e. The van der Waals surface area contributed by atoms with Gasteiger partial charge in [0, 0.05) is 18.0 Å². The number of fused-ring (bicyclic) bond motifs is 2. The van der Waals surface area contributed by atoms with Gasteiger partial charge >= 0.3 is 0 Å². The van der Waals surface area contributed by atoms with Crippen LogP contribution < -0.4 is 5.32 Å². The van der Waals surface area contributed by atoms with Crippen molar-refractivity contribution < 1.29 is 4.79 Å². The molecular weight excluding hydrogens is 308 g/mol. The van der Waals surface area contributed by atoms with Crippen LogP contribution in [0.5, 0.6) is 0 Å². The fourth-order valence-electron chi connectivity index (χ4n) is 3.19. The molecule has 2 atom stereocenters. The molecule has 2 unspecified atom stereocenters. The molecule has 0 saturated heterocycles. The van der Waals surface area contributed by atoms with Crippen LogP contribution in [0.1, 0.15) is 36.2 Å². The average molecular weight is 326 g/mol. The number of aryl methyl sites for hydroxylation is 1. The van der Waals surface area contributed by atoms with Crippen LogP contribution >= 0.6 is 11.3 Å². The first-order valence-electron chi connectivity index (χ1n) is 7.85. The second kappa shape index (κ2) is 5.77. The number of hydrogen-bond acceptors (Lipinski definition) is 4. The van der Waals surface area contributed by atoms with Crippen LogP contribution in [0, 0.1) is 5.92 Å². The number of aromatic nitrogens is 3. The summed E-state index contributed by atoms with van der Waals surface area (Å²) in [6.45, 7) is 2.03. The topological polar surface area (TPSA) is 70.7 Å². The van der Waals surface area contributed by atoms with Gasteiger partial charge in [-0.15, -0.1) is 11.3 Å². The number of carbonyl (C=O) groups excluding carboxylic acids is 1. The smallest absolute Gasteiger partial charge is 0.223 e. The Balaban J connectivity index is 1.45. The number of nitrogens with zero attached hydrogens (tertiary/aromatic N) is 2. The zero-order valence-electron chi connectivity index (χ0n) is 12.9. The van der Waals surface area contributed by atoms with Gasteiger partial charge in [0.15, 0.2) is 0 Å². The fraction of sp³-hybridized carbons (Fsp3) is 0.353. The quantitative estimate of drug-likeness (QED) is 0.777. The Bertz CT molecular complexity index is 853. The maximum absolute atomic E-state index is 12.6. The molecule has 0 fully saturated rings. The van der Waals surface area contributed by atoms with Gasteiger partial charge in [0.2, 0.25) is 5.91 Å². The van der Waals surface area contributed by atoms with E-state index in [4.69, 9.17) is 0 Å². The molecule has 2 aromatic heterocycles. The molecule has 0 spiro atoms. The van der Waals surface area contributed by atoms with Crippen LogP contribution in [-0.4, -0.2) is 21.1 Å². The average Bonchev–Trinajstić information content (AvgIpc) is 3.21. The van der Waals surface area contributed by atoms with E-state index in [2.05, 4.69) is 26.6 Å². The molecule has 6 heteroatoms. The van der Waals surface area contributed by atoms with Crippen LogP contribution in [0.3, 0.4) is 0 Å². The molecule has 2 N–H and O–H groups in total. The van der Waals surface area contributed by atoms with Crippen LogP contribution in [0.25, 0.3) is 10.2 Å². The van der Waals surface area contributed by atoms with E-state index in [1.165, 1.54) is 5.56 Å². The zero-order valence-corrected chi connectivity index (χ0v) is 13.7. The normalized spacial score (nSPS) is 18.6. The van der Waals surface area contributed by atoms with Crippen molar-refractivity contribution in [2.24, 2.45) is 5.92 Å². The highest BCUT2D eigenvalue weighted by atomic mass is 32.1. The van der Waals surface area contributed by atoms with Gasteiger partial charge in [-0.1, -0.05) is 6.07 Å². The number of aromatic amines is 1. The summed E-state index contributed by atoms with van der Waals surface area (Å²) in [7, 11) is 0. The van der Waals surface area contributed by atoms with E-state index >= 15 is 0 Å². The van der Waals surface area contributed by atoms with E-state index in [0.717, 1.165) is 40.7 Å². The molecule has 1 amide bonds. The maximum Gasteiger partial charge on any atom is 0.223 e. The van der Waals surface area contributed by atoms with Gasteiger partial charge in [-0.05, 0) is 43.0 Å². The van der Waals surface area contributed by atoms with Gasteiger partial charge in [-0.2, -0.15) is 5.10 Å².